The van der Waals surface area contributed by atoms with E-state index in [-0.39, 0.29) is 12.3 Å². The van der Waals surface area contributed by atoms with Gasteiger partial charge in [0.05, 0.1) is 19.6 Å². The van der Waals surface area contributed by atoms with Crippen LogP contribution in [0.15, 0.2) is 40.6 Å². The summed E-state index contributed by atoms with van der Waals surface area (Å²) in [6.07, 6.45) is 1.08. The molecule has 0 N–H and O–H groups in total. The average Bonchev–Trinajstić information content (AvgIpc) is 3.29. The second-order valence-electron chi connectivity index (χ2n) is 6.34. The normalized spacial score (nSPS) is 18.1. The molecule has 0 spiro atoms. The van der Waals surface area contributed by atoms with Gasteiger partial charge in [-0.15, -0.1) is 11.3 Å². The Hall–Kier alpha value is -1.74. The number of sulfonamides is 1. The third kappa shape index (κ3) is 3.29. The second kappa shape index (κ2) is 7.11. The van der Waals surface area contributed by atoms with Crippen LogP contribution in [0.1, 0.15) is 10.4 Å². The molecule has 0 bridgehead atoms. The number of para-hydroxylation sites is 1. The highest BCUT2D eigenvalue weighted by Crippen LogP contribution is 2.30. The smallest absolute Gasteiger partial charge is 0.252 e. The van der Waals surface area contributed by atoms with E-state index >= 15 is 0 Å². The topological polar surface area (TPSA) is 66.9 Å². The lowest BCUT2D eigenvalue weighted by atomic mass is 10.2. The summed E-state index contributed by atoms with van der Waals surface area (Å²) in [5.41, 5.74) is 2.15. The number of thiophene rings is 1. The molecule has 2 aliphatic heterocycles. The number of benzene rings is 1. The van der Waals surface area contributed by atoms with E-state index in [0.29, 0.717) is 37.1 Å². The van der Waals surface area contributed by atoms with Crippen LogP contribution in [0, 0.1) is 0 Å². The predicted octanol–water partition coefficient (Wildman–Crippen LogP) is 1.90. The summed E-state index contributed by atoms with van der Waals surface area (Å²) in [5, 5.41) is 0. The van der Waals surface area contributed by atoms with E-state index in [1.807, 2.05) is 24.3 Å². The lowest BCUT2D eigenvalue weighted by Gasteiger charge is -2.25. The van der Waals surface area contributed by atoms with Gasteiger partial charge < -0.3 is 9.64 Å². The summed E-state index contributed by atoms with van der Waals surface area (Å²) in [4.78, 5) is 15.3. The number of carbonyl (C=O) groups excluding carboxylic acids is 1. The Kier molecular flexibility index (Phi) is 4.83. The van der Waals surface area contributed by atoms with Crippen molar-refractivity contribution in [1.82, 2.24) is 4.31 Å². The lowest BCUT2D eigenvalue weighted by molar-refractivity contribution is -0.117. The molecule has 0 atom stereocenters. The summed E-state index contributed by atoms with van der Waals surface area (Å²) in [5.74, 6) is 0.00659. The number of hydrogen-bond donors (Lipinski definition) is 0. The third-order valence-corrected chi connectivity index (χ3v) is 8.17. The monoisotopic (exact) mass is 392 g/mol. The minimum atomic E-state index is -3.50. The van der Waals surface area contributed by atoms with E-state index in [0.717, 1.165) is 17.0 Å². The summed E-state index contributed by atoms with van der Waals surface area (Å²) in [6, 6.07) is 11.3. The largest absolute Gasteiger partial charge is 0.379 e. The molecular formula is C18H20N2O4S2. The molecular weight excluding hydrogens is 372 g/mol. The van der Waals surface area contributed by atoms with Crippen molar-refractivity contribution in [2.45, 2.75) is 17.1 Å². The van der Waals surface area contributed by atoms with Crippen LogP contribution in [0.5, 0.6) is 0 Å². The molecule has 1 aromatic carbocycles. The summed E-state index contributed by atoms with van der Waals surface area (Å²) >= 11 is 1.18. The number of rotatable bonds is 4. The molecule has 0 radical (unpaired) electrons. The van der Waals surface area contributed by atoms with Crippen molar-refractivity contribution in [3.05, 3.63) is 46.8 Å². The molecule has 4 rings (SSSR count). The molecule has 0 unspecified atom stereocenters. The van der Waals surface area contributed by atoms with Crippen molar-refractivity contribution < 1.29 is 17.9 Å². The van der Waals surface area contributed by atoms with Crippen molar-refractivity contribution in [3.63, 3.8) is 0 Å². The highest BCUT2D eigenvalue weighted by atomic mass is 32.2. The zero-order valence-corrected chi connectivity index (χ0v) is 15.9. The molecule has 1 amide bonds. The van der Waals surface area contributed by atoms with Gasteiger partial charge in [0.2, 0.25) is 5.91 Å². The number of anilines is 1. The van der Waals surface area contributed by atoms with E-state index in [4.69, 9.17) is 4.74 Å². The predicted molar refractivity (Wildman–Crippen MR) is 100 cm³/mol. The first-order chi connectivity index (χ1) is 12.6. The van der Waals surface area contributed by atoms with E-state index < -0.39 is 10.0 Å². The van der Waals surface area contributed by atoms with Gasteiger partial charge in [0.25, 0.3) is 10.0 Å². The van der Waals surface area contributed by atoms with Crippen LogP contribution in [0.4, 0.5) is 5.69 Å². The third-order valence-electron chi connectivity index (χ3n) is 4.71. The Morgan fingerprint density at radius 1 is 1.08 bits per heavy atom. The van der Waals surface area contributed by atoms with E-state index in [1.54, 1.807) is 17.0 Å². The van der Waals surface area contributed by atoms with Crippen LogP contribution in [0.25, 0.3) is 0 Å². The van der Waals surface area contributed by atoms with Crippen LogP contribution < -0.4 is 4.90 Å². The zero-order chi connectivity index (χ0) is 18.1. The molecule has 0 saturated carbocycles. The molecule has 6 nitrogen and oxygen atoms in total. The maximum atomic E-state index is 12.7. The van der Waals surface area contributed by atoms with Gasteiger partial charge in [-0.25, -0.2) is 8.42 Å². The van der Waals surface area contributed by atoms with Crippen molar-refractivity contribution in [3.8, 4) is 0 Å². The fourth-order valence-corrected chi connectivity index (χ4v) is 6.26. The molecule has 2 aliphatic rings. The molecule has 0 aliphatic carbocycles. The molecule has 3 heterocycles. The number of carbonyl (C=O) groups is 1. The van der Waals surface area contributed by atoms with Gasteiger partial charge >= 0.3 is 0 Å². The first kappa shape index (κ1) is 17.7. The second-order valence-corrected chi connectivity index (χ2v) is 9.67. The summed E-state index contributed by atoms with van der Waals surface area (Å²) in [6.45, 7) is 2.27. The minimum Gasteiger partial charge on any atom is -0.379 e. The van der Waals surface area contributed by atoms with Gasteiger partial charge in [-0.05, 0) is 30.2 Å². The number of ether oxygens (including phenoxy) is 1. The van der Waals surface area contributed by atoms with Gasteiger partial charge in [-0.3, -0.25) is 4.79 Å². The number of nitrogens with zero attached hydrogens (tertiary/aromatic N) is 2. The zero-order valence-electron chi connectivity index (χ0n) is 14.3. The van der Waals surface area contributed by atoms with Crippen LogP contribution in [-0.2, 0) is 32.4 Å². The van der Waals surface area contributed by atoms with E-state index in [9.17, 15) is 13.2 Å². The number of hydrogen-bond acceptors (Lipinski definition) is 5. The molecule has 1 fully saturated rings. The highest BCUT2D eigenvalue weighted by Gasteiger charge is 2.29. The quantitative estimate of drug-likeness (QED) is 0.797. The molecule has 138 valence electrons. The highest BCUT2D eigenvalue weighted by molar-refractivity contribution is 7.91. The number of amides is 1. The number of morpholine rings is 1. The fourth-order valence-electron chi connectivity index (χ4n) is 3.35. The Morgan fingerprint density at radius 2 is 1.85 bits per heavy atom. The standard InChI is InChI=1S/C18H20N2O4S2/c21-17(20-8-7-14-3-1-2-4-16(14)20)13-15-5-6-18(25-15)26(22,23)19-9-11-24-12-10-19/h1-6H,7-13H2. The Labute approximate surface area is 157 Å². The SMILES string of the molecule is O=C(Cc1ccc(S(=O)(=O)N2CCOCC2)s1)N1CCc2ccccc21. The first-order valence-electron chi connectivity index (χ1n) is 8.60. The van der Waals surface area contributed by atoms with Crippen LogP contribution in [-0.4, -0.2) is 51.5 Å². The van der Waals surface area contributed by atoms with Crippen LogP contribution in [0.2, 0.25) is 0 Å². The Bertz CT molecular complexity index is 917. The van der Waals surface area contributed by atoms with E-state index in [2.05, 4.69) is 0 Å². The average molecular weight is 393 g/mol. The molecule has 26 heavy (non-hydrogen) atoms. The van der Waals surface area contributed by atoms with Gasteiger partial charge in [0.1, 0.15) is 4.21 Å². The summed E-state index contributed by atoms with van der Waals surface area (Å²) in [7, 11) is -3.50. The first-order valence-corrected chi connectivity index (χ1v) is 10.9. The van der Waals surface area contributed by atoms with Gasteiger partial charge in [-0.1, -0.05) is 18.2 Å². The van der Waals surface area contributed by atoms with E-state index in [1.165, 1.54) is 21.2 Å². The van der Waals surface area contributed by atoms with Crippen molar-refractivity contribution in [1.29, 1.82) is 0 Å². The maximum Gasteiger partial charge on any atom is 0.252 e. The number of fused-ring (bicyclic) bond motifs is 1. The molecule has 8 heteroatoms. The molecule has 1 saturated heterocycles. The van der Waals surface area contributed by atoms with Gasteiger partial charge in [-0.2, -0.15) is 4.31 Å². The summed E-state index contributed by atoms with van der Waals surface area (Å²) < 4.78 is 32.3. The van der Waals surface area contributed by atoms with Crippen molar-refractivity contribution in [2.75, 3.05) is 37.7 Å². The minimum absolute atomic E-state index is 0.00659. The fraction of sp³-hybridized carbons (Fsp3) is 0.389. The van der Waals surface area contributed by atoms with Gasteiger partial charge in [0.15, 0.2) is 0 Å². The maximum absolute atomic E-state index is 12.7. The van der Waals surface area contributed by atoms with Gasteiger partial charge in [0, 0.05) is 30.2 Å². The molecule has 2 aromatic rings. The van der Waals surface area contributed by atoms with Crippen LogP contribution >= 0.6 is 11.3 Å². The lowest BCUT2D eigenvalue weighted by Crippen LogP contribution is -2.40. The van der Waals surface area contributed by atoms with Crippen molar-refractivity contribution >= 4 is 33.0 Å². The van der Waals surface area contributed by atoms with Crippen molar-refractivity contribution in [2.24, 2.45) is 0 Å². The van der Waals surface area contributed by atoms with Crippen LogP contribution in [0.3, 0.4) is 0 Å². The Morgan fingerprint density at radius 3 is 2.65 bits per heavy atom. The molecule has 1 aromatic heterocycles. The Balaban J connectivity index is 1.48.